The summed E-state index contributed by atoms with van der Waals surface area (Å²) in [7, 11) is 0. The van der Waals surface area contributed by atoms with Gasteiger partial charge in [-0.25, -0.2) is 4.98 Å². The van der Waals surface area contributed by atoms with Gasteiger partial charge in [-0.2, -0.15) is 0 Å². The Bertz CT molecular complexity index is 914. The van der Waals surface area contributed by atoms with Gasteiger partial charge in [0.15, 0.2) is 5.15 Å². The number of hydrogen-bond acceptors (Lipinski definition) is 1. The second-order valence-corrected chi connectivity index (χ2v) is 8.39. The lowest BCUT2D eigenvalue weighted by Gasteiger charge is -2.12. The molecule has 1 aromatic heterocycles. The molecule has 150 valence electrons. The van der Waals surface area contributed by atoms with Crippen molar-refractivity contribution in [2.75, 3.05) is 0 Å². The van der Waals surface area contributed by atoms with Gasteiger partial charge in [-0.15, -0.1) is 0 Å². The Balaban J connectivity index is 1.75. The van der Waals surface area contributed by atoms with Crippen molar-refractivity contribution in [2.45, 2.75) is 71.8 Å². The molecule has 0 spiro atoms. The van der Waals surface area contributed by atoms with Crippen molar-refractivity contribution in [1.82, 2.24) is 9.55 Å². The zero-order valence-electron chi connectivity index (χ0n) is 17.0. The molecule has 0 unspecified atom stereocenters. The number of aromatic nitrogens is 2. The third-order valence-corrected chi connectivity index (χ3v) is 6.09. The van der Waals surface area contributed by atoms with Gasteiger partial charge in [-0.05, 0) is 35.7 Å². The normalized spacial score (nSPS) is 11.4. The van der Waals surface area contributed by atoms with Crippen molar-refractivity contribution < 1.29 is 0 Å². The summed E-state index contributed by atoms with van der Waals surface area (Å²) < 4.78 is 2.09. The third kappa shape index (κ3) is 5.10. The molecule has 3 rings (SSSR count). The number of aryl methyl sites for hydroxylation is 1. The Morgan fingerprint density at radius 2 is 1.57 bits per heavy atom. The lowest BCUT2D eigenvalue weighted by atomic mass is 10.0. The van der Waals surface area contributed by atoms with Crippen LogP contribution in [0.3, 0.4) is 0 Å². The van der Waals surface area contributed by atoms with Crippen LogP contribution in [0.1, 0.15) is 63.9 Å². The Hall–Kier alpha value is -1.51. The van der Waals surface area contributed by atoms with Crippen LogP contribution in [0, 0.1) is 6.92 Å². The Labute approximate surface area is 178 Å². The summed E-state index contributed by atoms with van der Waals surface area (Å²) in [5.41, 5.74) is 2.31. The Morgan fingerprint density at radius 3 is 2.32 bits per heavy atom. The number of unbranched alkanes of at least 4 members (excludes halogenated alkanes) is 7. The highest BCUT2D eigenvalue weighted by atomic mass is 35.5. The smallest absolute Gasteiger partial charge is 0.166 e. The Morgan fingerprint density at radius 1 is 0.893 bits per heavy atom. The highest BCUT2D eigenvalue weighted by molar-refractivity contribution is 6.40. The average Bonchev–Trinajstić information content (AvgIpc) is 2.97. The number of rotatable bonds is 10. The van der Waals surface area contributed by atoms with E-state index in [4.69, 9.17) is 23.2 Å². The molecule has 0 saturated heterocycles. The van der Waals surface area contributed by atoms with Crippen molar-refractivity contribution in [3.05, 3.63) is 52.3 Å². The van der Waals surface area contributed by atoms with E-state index in [1.54, 1.807) is 0 Å². The van der Waals surface area contributed by atoms with E-state index in [1.165, 1.54) is 61.3 Å². The summed E-state index contributed by atoms with van der Waals surface area (Å²) in [6.45, 7) is 5.23. The zero-order chi connectivity index (χ0) is 19.9. The van der Waals surface area contributed by atoms with Crippen LogP contribution in [0.15, 0.2) is 36.4 Å². The minimum absolute atomic E-state index is 0.391. The maximum atomic E-state index is 6.52. The molecule has 0 amide bonds. The quantitative estimate of drug-likeness (QED) is 0.303. The van der Waals surface area contributed by atoms with Crippen LogP contribution in [0.5, 0.6) is 0 Å². The fourth-order valence-corrected chi connectivity index (χ4v) is 4.25. The van der Waals surface area contributed by atoms with Crippen LogP contribution < -0.4 is 0 Å². The van der Waals surface area contributed by atoms with Gasteiger partial charge >= 0.3 is 0 Å². The van der Waals surface area contributed by atoms with Crippen LogP contribution in [0.4, 0.5) is 0 Å². The van der Waals surface area contributed by atoms with Gasteiger partial charge in [0.1, 0.15) is 11.0 Å². The van der Waals surface area contributed by atoms with Gasteiger partial charge in [0.05, 0.1) is 0 Å². The molecule has 3 aromatic rings. The van der Waals surface area contributed by atoms with Gasteiger partial charge < -0.3 is 4.57 Å². The van der Waals surface area contributed by atoms with Gasteiger partial charge in [-0.1, -0.05) is 105 Å². The topological polar surface area (TPSA) is 17.8 Å². The summed E-state index contributed by atoms with van der Waals surface area (Å²) in [5, 5.41) is 3.34. The third-order valence-electron chi connectivity index (χ3n) is 5.35. The highest BCUT2D eigenvalue weighted by Crippen LogP contribution is 2.34. The molecule has 0 radical (unpaired) electrons. The van der Waals surface area contributed by atoms with Crippen molar-refractivity contribution >= 4 is 34.0 Å². The van der Waals surface area contributed by atoms with Gasteiger partial charge in [-0.3, -0.25) is 0 Å². The molecule has 0 aliphatic carbocycles. The van der Waals surface area contributed by atoms with E-state index in [2.05, 4.69) is 59.8 Å². The number of nitrogens with zero attached hydrogens (tertiary/aromatic N) is 2. The molecule has 0 atom stereocenters. The molecular formula is C24H30Cl2N2. The number of fused-ring (bicyclic) bond motifs is 1. The van der Waals surface area contributed by atoms with Gasteiger partial charge in [0.25, 0.3) is 0 Å². The molecule has 0 aliphatic rings. The average molecular weight is 417 g/mol. The van der Waals surface area contributed by atoms with E-state index >= 15 is 0 Å². The number of benzene rings is 2. The monoisotopic (exact) mass is 416 g/mol. The second-order valence-electron chi connectivity index (χ2n) is 7.68. The highest BCUT2D eigenvalue weighted by Gasteiger charge is 2.17. The predicted octanol–water partition coefficient (Wildman–Crippen LogP) is 8.46. The van der Waals surface area contributed by atoms with Crippen molar-refractivity contribution in [1.29, 1.82) is 0 Å². The SMILES string of the molecule is CCCCCCCCCCn1c(-c2cc(C)cc3ccccc23)nc(Cl)c1Cl. The fourth-order valence-electron chi connectivity index (χ4n) is 3.86. The molecule has 0 aliphatic heterocycles. The maximum Gasteiger partial charge on any atom is 0.166 e. The summed E-state index contributed by atoms with van der Waals surface area (Å²) in [4.78, 5) is 4.62. The largest absolute Gasteiger partial charge is 0.314 e. The van der Waals surface area contributed by atoms with Crippen LogP contribution in [-0.4, -0.2) is 9.55 Å². The van der Waals surface area contributed by atoms with Gasteiger partial charge in [0.2, 0.25) is 0 Å². The summed E-state index contributed by atoms with van der Waals surface area (Å²) in [6, 6.07) is 12.8. The van der Waals surface area contributed by atoms with E-state index in [9.17, 15) is 0 Å². The first-order chi connectivity index (χ1) is 13.6. The molecule has 0 N–H and O–H groups in total. The maximum absolute atomic E-state index is 6.52. The first kappa shape index (κ1) is 21.2. The van der Waals surface area contributed by atoms with E-state index in [1.807, 2.05) is 0 Å². The minimum atomic E-state index is 0.391. The summed E-state index contributed by atoms with van der Waals surface area (Å²) in [6.07, 6.45) is 10.3. The minimum Gasteiger partial charge on any atom is -0.314 e. The summed E-state index contributed by atoms with van der Waals surface area (Å²) >= 11 is 12.8. The molecule has 2 aromatic carbocycles. The first-order valence-electron chi connectivity index (χ1n) is 10.5. The summed E-state index contributed by atoms with van der Waals surface area (Å²) in [5.74, 6) is 0.873. The van der Waals surface area contributed by atoms with Crippen LogP contribution in [-0.2, 0) is 6.54 Å². The number of hydrogen-bond donors (Lipinski definition) is 0. The van der Waals surface area contributed by atoms with Crippen LogP contribution in [0.25, 0.3) is 22.2 Å². The number of halogens is 2. The van der Waals surface area contributed by atoms with E-state index in [-0.39, 0.29) is 0 Å². The molecule has 4 heteroatoms. The molecule has 28 heavy (non-hydrogen) atoms. The molecule has 1 heterocycles. The zero-order valence-corrected chi connectivity index (χ0v) is 18.5. The molecule has 0 fully saturated rings. The Kier molecular flexibility index (Phi) is 7.82. The lowest BCUT2D eigenvalue weighted by Crippen LogP contribution is -2.02. The van der Waals surface area contributed by atoms with Crippen LogP contribution >= 0.6 is 23.2 Å². The lowest BCUT2D eigenvalue weighted by molar-refractivity contribution is 0.545. The molecule has 0 bridgehead atoms. The molecule has 2 nitrogen and oxygen atoms in total. The standard InChI is InChI=1S/C24H30Cl2N2/c1-3-4-5-6-7-8-9-12-15-28-23(26)22(25)27-24(28)21-17-18(2)16-19-13-10-11-14-20(19)21/h10-11,13-14,16-17H,3-9,12,15H2,1-2H3. The first-order valence-corrected chi connectivity index (χ1v) is 11.3. The van der Waals surface area contributed by atoms with Crippen LogP contribution in [0.2, 0.25) is 10.3 Å². The second kappa shape index (κ2) is 10.3. The predicted molar refractivity (Wildman–Crippen MR) is 123 cm³/mol. The van der Waals surface area contributed by atoms with Crippen molar-refractivity contribution in [3.8, 4) is 11.4 Å². The number of imidazole rings is 1. The van der Waals surface area contributed by atoms with E-state index in [0.717, 1.165) is 24.4 Å². The molecular weight excluding hydrogens is 387 g/mol. The van der Waals surface area contributed by atoms with Crippen molar-refractivity contribution in [3.63, 3.8) is 0 Å². The van der Waals surface area contributed by atoms with E-state index < -0.39 is 0 Å². The molecule has 0 saturated carbocycles. The van der Waals surface area contributed by atoms with Crippen molar-refractivity contribution in [2.24, 2.45) is 0 Å². The van der Waals surface area contributed by atoms with E-state index in [0.29, 0.717) is 10.3 Å². The fraction of sp³-hybridized carbons (Fsp3) is 0.458. The van der Waals surface area contributed by atoms with Gasteiger partial charge in [0, 0.05) is 12.1 Å².